The largest absolute Gasteiger partial charge is 0.308 e. The fourth-order valence-corrected chi connectivity index (χ4v) is 11.9. The second-order valence-electron chi connectivity index (χ2n) is 19.8. The van der Waals surface area contributed by atoms with Gasteiger partial charge in [0.15, 0.2) is 0 Å². The quantitative estimate of drug-likeness (QED) is 0.152. The molecule has 0 amide bonds. The highest BCUT2D eigenvalue weighted by Gasteiger charge is 2.24. The summed E-state index contributed by atoms with van der Waals surface area (Å²) in [6, 6.07) is 98.2. The number of hydrogen-bond acceptors (Lipinski definition) is 2. The number of aromatic nitrogens is 4. The van der Waals surface area contributed by atoms with Gasteiger partial charge in [-0.1, -0.05) is 176 Å². The lowest BCUT2D eigenvalue weighted by atomic mass is 9.99. The second kappa shape index (κ2) is 17.8. The number of benzene rings is 11. The molecule has 0 saturated carbocycles. The number of hydrogen-bond donors (Lipinski definition) is 0. The van der Waals surface area contributed by atoms with E-state index in [1.807, 2.05) is 12.3 Å². The summed E-state index contributed by atoms with van der Waals surface area (Å²) >= 11 is 0. The highest BCUT2D eigenvalue weighted by atomic mass is 15.0. The van der Waals surface area contributed by atoms with Crippen LogP contribution in [0, 0.1) is 11.3 Å². The van der Waals surface area contributed by atoms with Crippen LogP contribution in [0.1, 0.15) is 5.56 Å². The highest BCUT2D eigenvalue weighted by Crippen LogP contribution is 2.44. The van der Waals surface area contributed by atoms with Crippen LogP contribution >= 0.6 is 0 Å². The molecule has 0 saturated heterocycles. The Balaban J connectivity index is 1.04. The van der Waals surface area contributed by atoms with E-state index in [1.54, 1.807) is 0 Å². The van der Waals surface area contributed by atoms with Gasteiger partial charge in [0.05, 0.1) is 50.0 Å². The third kappa shape index (κ3) is 7.19. The lowest BCUT2D eigenvalue weighted by molar-refractivity contribution is 1.12. The molecular weight excluding hydrogens is 935 g/mol. The maximum absolute atomic E-state index is 12.0. The van der Waals surface area contributed by atoms with Crippen molar-refractivity contribution >= 4 is 65.5 Å². The van der Waals surface area contributed by atoms with Crippen LogP contribution in [0.2, 0.25) is 0 Å². The third-order valence-corrected chi connectivity index (χ3v) is 15.5. The summed E-state index contributed by atoms with van der Waals surface area (Å²) in [6.07, 6.45) is 1.87. The van der Waals surface area contributed by atoms with E-state index in [9.17, 15) is 5.26 Å². The van der Waals surface area contributed by atoms with Crippen LogP contribution in [0.4, 0.5) is 0 Å². The van der Waals surface area contributed by atoms with Crippen LogP contribution in [-0.4, -0.2) is 18.7 Å². The molecule has 0 spiro atoms. The Morgan fingerprint density at radius 3 is 1.09 bits per heavy atom. The first-order valence-electron chi connectivity index (χ1n) is 26.1. The molecule has 0 aliphatic rings. The summed E-state index contributed by atoms with van der Waals surface area (Å²) in [5, 5.41) is 17.5. The predicted molar refractivity (Wildman–Crippen MR) is 319 cm³/mol. The molecular formula is C72H45N5. The molecule has 0 bridgehead atoms. The molecule has 0 radical (unpaired) electrons. The Bertz CT molecular complexity index is 4380. The van der Waals surface area contributed by atoms with Crippen LogP contribution in [0.5, 0.6) is 0 Å². The van der Waals surface area contributed by atoms with Crippen LogP contribution in [0.15, 0.2) is 273 Å². The summed E-state index contributed by atoms with van der Waals surface area (Å²) in [4.78, 5) is 4.87. The molecule has 0 aliphatic heterocycles. The topological polar surface area (TPSA) is 51.5 Å². The van der Waals surface area contributed by atoms with E-state index in [-0.39, 0.29) is 0 Å². The average molecular weight is 980 g/mol. The molecule has 4 heterocycles. The second-order valence-corrected chi connectivity index (χ2v) is 19.8. The van der Waals surface area contributed by atoms with Crippen molar-refractivity contribution < 1.29 is 0 Å². The zero-order valence-electron chi connectivity index (χ0n) is 41.7. The van der Waals surface area contributed by atoms with E-state index in [0.29, 0.717) is 5.56 Å². The van der Waals surface area contributed by atoms with E-state index in [4.69, 9.17) is 4.98 Å². The molecule has 0 N–H and O–H groups in total. The molecule has 0 aliphatic carbocycles. The Morgan fingerprint density at radius 2 is 0.649 bits per heavy atom. The molecule has 0 fully saturated rings. The zero-order valence-corrected chi connectivity index (χ0v) is 41.7. The maximum atomic E-state index is 12.0. The van der Waals surface area contributed by atoms with Gasteiger partial charge in [0.1, 0.15) is 11.6 Å². The van der Waals surface area contributed by atoms with Gasteiger partial charge >= 0.3 is 0 Å². The summed E-state index contributed by atoms with van der Waals surface area (Å²) in [6.45, 7) is 0. The minimum Gasteiger partial charge on any atom is -0.308 e. The number of pyridine rings is 1. The van der Waals surface area contributed by atoms with Gasteiger partial charge in [-0.3, -0.25) is 4.98 Å². The third-order valence-electron chi connectivity index (χ3n) is 15.5. The van der Waals surface area contributed by atoms with Crippen molar-refractivity contribution in [2.75, 3.05) is 0 Å². The zero-order chi connectivity index (χ0) is 51.0. The molecule has 0 atom stereocenters. The van der Waals surface area contributed by atoms with Gasteiger partial charge in [-0.15, -0.1) is 0 Å². The van der Waals surface area contributed by atoms with Gasteiger partial charge in [-0.2, -0.15) is 5.26 Å². The summed E-state index contributed by atoms with van der Waals surface area (Å²) in [5.74, 6) is 0. The fraction of sp³-hybridized carbons (Fsp3) is 0. The molecule has 11 aromatic carbocycles. The highest BCUT2D eigenvalue weighted by molar-refractivity contribution is 6.14. The first kappa shape index (κ1) is 44.0. The number of nitrogens with zero attached hydrogens (tertiary/aromatic N) is 5. The number of para-hydroxylation sites is 1. The number of nitriles is 1. The lowest BCUT2D eigenvalue weighted by Crippen LogP contribution is -2.05. The van der Waals surface area contributed by atoms with Crippen LogP contribution in [-0.2, 0) is 0 Å². The summed E-state index contributed by atoms with van der Waals surface area (Å²) < 4.78 is 6.98. The molecule has 0 unspecified atom stereocenters. The lowest BCUT2D eigenvalue weighted by Gasteiger charge is -2.19. The molecule has 15 rings (SSSR count). The van der Waals surface area contributed by atoms with Crippen molar-refractivity contribution in [2.45, 2.75) is 0 Å². The van der Waals surface area contributed by atoms with E-state index < -0.39 is 0 Å². The standard InChI is InChI=1S/C72H45N5/c73-46-63-70(76-65-34-30-52(47-17-5-1-6-18-47)40-59(65)60-41-53(31-35-66(60)76)48-19-7-2-8-20-48)44-56(51-25-15-26-57(39-51)75-64-28-14-13-27-58(64)72-69(75)29-16-38-74-72)45-71(63)77-67-36-32-54(49-21-9-3-10-22-49)42-61(67)62-43-55(33-37-68(62)77)50-23-11-4-12-24-50/h1-45H. The van der Waals surface area contributed by atoms with Crippen LogP contribution < -0.4 is 0 Å². The maximum Gasteiger partial charge on any atom is 0.104 e. The van der Waals surface area contributed by atoms with Gasteiger partial charge in [0.25, 0.3) is 0 Å². The minimum absolute atomic E-state index is 0.564. The average Bonchev–Trinajstić information content (AvgIpc) is 4.29. The van der Waals surface area contributed by atoms with Crippen molar-refractivity contribution in [1.29, 1.82) is 5.26 Å². The molecule has 77 heavy (non-hydrogen) atoms. The Morgan fingerprint density at radius 1 is 0.273 bits per heavy atom. The fourth-order valence-electron chi connectivity index (χ4n) is 11.9. The molecule has 5 nitrogen and oxygen atoms in total. The molecule has 4 aromatic heterocycles. The summed E-state index contributed by atoms with van der Waals surface area (Å²) in [7, 11) is 0. The van der Waals surface area contributed by atoms with E-state index in [1.165, 1.54) is 0 Å². The Kier molecular flexibility index (Phi) is 10.2. The first-order valence-corrected chi connectivity index (χ1v) is 26.1. The van der Waals surface area contributed by atoms with Crippen LogP contribution in [0.3, 0.4) is 0 Å². The van der Waals surface area contributed by atoms with Gasteiger partial charge < -0.3 is 13.7 Å². The van der Waals surface area contributed by atoms with Crippen molar-refractivity contribution in [3.05, 3.63) is 279 Å². The van der Waals surface area contributed by atoms with Gasteiger partial charge in [-0.05, 0) is 147 Å². The first-order chi connectivity index (χ1) is 38.1. The Hall–Kier alpha value is -10.5. The van der Waals surface area contributed by atoms with Crippen LogP contribution in [0.25, 0.3) is 138 Å². The van der Waals surface area contributed by atoms with E-state index >= 15 is 0 Å². The monoisotopic (exact) mass is 979 g/mol. The molecule has 5 heteroatoms. The van der Waals surface area contributed by atoms with Gasteiger partial charge in [-0.25, -0.2) is 0 Å². The summed E-state index contributed by atoms with van der Waals surface area (Å²) in [5.41, 5.74) is 21.4. The number of rotatable bonds is 8. The predicted octanol–water partition coefficient (Wildman–Crippen LogP) is 18.6. The van der Waals surface area contributed by atoms with Crippen molar-refractivity contribution in [2.24, 2.45) is 0 Å². The molecule has 15 aromatic rings. The normalized spacial score (nSPS) is 11.6. The van der Waals surface area contributed by atoms with Crippen molar-refractivity contribution in [3.63, 3.8) is 0 Å². The molecule has 358 valence electrons. The van der Waals surface area contributed by atoms with E-state index in [2.05, 4.69) is 281 Å². The van der Waals surface area contributed by atoms with Gasteiger partial charge in [0.2, 0.25) is 0 Å². The SMILES string of the molecule is N#Cc1c(-n2c3ccc(-c4ccccc4)cc3c3cc(-c4ccccc4)ccc32)cc(-c2cccc(-n3c4ccccc4c4ncccc43)c2)cc1-n1c2ccc(-c3ccccc3)cc2c2cc(-c3ccccc3)ccc21. The van der Waals surface area contributed by atoms with Crippen molar-refractivity contribution in [1.82, 2.24) is 18.7 Å². The smallest absolute Gasteiger partial charge is 0.104 e. The Labute approximate surface area is 444 Å². The van der Waals surface area contributed by atoms with E-state index in [0.717, 1.165) is 138 Å². The van der Waals surface area contributed by atoms with Gasteiger partial charge in [0, 0.05) is 38.8 Å². The van der Waals surface area contributed by atoms with Crippen molar-refractivity contribution in [3.8, 4) is 78.8 Å². The minimum atomic E-state index is 0.564. The number of fused-ring (bicyclic) bond motifs is 9.